The molecule has 0 aliphatic heterocycles. The SMILES string of the molecule is C=CCNC(C)c1c(C)noc1C. The highest BCUT2D eigenvalue weighted by Gasteiger charge is 2.14. The number of rotatable bonds is 4. The zero-order chi connectivity index (χ0) is 9.84. The molecule has 72 valence electrons. The molecule has 1 aromatic heterocycles. The van der Waals surface area contributed by atoms with Gasteiger partial charge in [0.25, 0.3) is 0 Å². The Labute approximate surface area is 78.8 Å². The number of aryl methyl sites for hydroxylation is 2. The van der Waals surface area contributed by atoms with Crippen LogP contribution in [0.4, 0.5) is 0 Å². The van der Waals surface area contributed by atoms with Gasteiger partial charge in [-0.1, -0.05) is 11.2 Å². The second-order valence-electron chi connectivity index (χ2n) is 3.16. The number of hydrogen-bond acceptors (Lipinski definition) is 3. The number of nitrogens with zero attached hydrogens (tertiary/aromatic N) is 1. The molecule has 0 aromatic carbocycles. The predicted octanol–water partition coefficient (Wildman–Crippen LogP) is 2.13. The summed E-state index contributed by atoms with van der Waals surface area (Å²) in [7, 11) is 0. The molecule has 1 unspecified atom stereocenters. The summed E-state index contributed by atoms with van der Waals surface area (Å²) >= 11 is 0. The van der Waals surface area contributed by atoms with Gasteiger partial charge in [0.15, 0.2) is 0 Å². The van der Waals surface area contributed by atoms with Crippen LogP contribution in [0.3, 0.4) is 0 Å². The molecule has 0 aliphatic carbocycles. The Balaban J connectivity index is 2.74. The van der Waals surface area contributed by atoms with Crippen LogP contribution in [-0.4, -0.2) is 11.7 Å². The van der Waals surface area contributed by atoms with Crippen molar-refractivity contribution in [3.8, 4) is 0 Å². The van der Waals surface area contributed by atoms with Crippen LogP contribution >= 0.6 is 0 Å². The van der Waals surface area contributed by atoms with E-state index < -0.39 is 0 Å². The molecule has 0 saturated carbocycles. The van der Waals surface area contributed by atoms with Gasteiger partial charge >= 0.3 is 0 Å². The van der Waals surface area contributed by atoms with Crippen LogP contribution < -0.4 is 5.32 Å². The molecule has 1 heterocycles. The van der Waals surface area contributed by atoms with Crippen LogP contribution in [0.15, 0.2) is 17.2 Å². The van der Waals surface area contributed by atoms with Crippen LogP contribution in [0.25, 0.3) is 0 Å². The minimum Gasteiger partial charge on any atom is -0.361 e. The molecule has 1 rings (SSSR count). The van der Waals surface area contributed by atoms with Gasteiger partial charge in [0.2, 0.25) is 0 Å². The first-order valence-corrected chi connectivity index (χ1v) is 4.44. The van der Waals surface area contributed by atoms with E-state index in [0.717, 1.165) is 23.6 Å². The van der Waals surface area contributed by atoms with Crippen LogP contribution in [0, 0.1) is 13.8 Å². The molecule has 0 fully saturated rings. The quantitative estimate of drug-likeness (QED) is 0.721. The summed E-state index contributed by atoms with van der Waals surface area (Å²) in [6.07, 6.45) is 1.84. The Morgan fingerprint density at radius 1 is 1.62 bits per heavy atom. The largest absolute Gasteiger partial charge is 0.361 e. The summed E-state index contributed by atoms with van der Waals surface area (Å²) < 4.78 is 5.08. The summed E-state index contributed by atoms with van der Waals surface area (Å²) in [5.74, 6) is 0.890. The Kier molecular flexibility index (Phi) is 3.25. The average Bonchev–Trinajstić information content (AvgIpc) is 2.42. The lowest BCUT2D eigenvalue weighted by atomic mass is 10.1. The standard InChI is InChI=1S/C10H16N2O/c1-5-6-11-7(2)10-8(3)12-13-9(10)4/h5,7,11H,1,6H2,2-4H3. The zero-order valence-corrected chi connectivity index (χ0v) is 8.42. The average molecular weight is 180 g/mol. The van der Waals surface area contributed by atoms with Crippen molar-refractivity contribution in [1.29, 1.82) is 0 Å². The molecule has 3 nitrogen and oxygen atoms in total. The van der Waals surface area contributed by atoms with E-state index in [1.54, 1.807) is 0 Å². The van der Waals surface area contributed by atoms with Crippen LogP contribution in [0.5, 0.6) is 0 Å². The van der Waals surface area contributed by atoms with Crippen LogP contribution in [0.2, 0.25) is 0 Å². The predicted molar refractivity (Wildman–Crippen MR) is 52.6 cm³/mol. The third kappa shape index (κ3) is 2.18. The maximum atomic E-state index is 5.08. The van der Waals surface area contributed by atoms with Gasteiger partial charge in [-0.25, -0.2) is 0 Å². The summed E-state index contributed by atoms with van der Waals surface area (Å²) in [4.78, 5) is 0. The van der Waals surface area contributed by atoms with Crippen molar-refractivity contribution in [3.05, 3.63) is 29.7 Å². The summed E-state index contributed by atoms with van der Waals surface area (Å²) in [5.41, 5.74) is 2.11. The molecule has 0 bridgehead atoms. The second kappa shape index (κ2) is 4.23. The van der Waals surface area contributed by atoms with E-state index in [1.165, 1.54) is 0 Å². The van der Waals surface area contributed by atoms with E-state index >= 15 is 0 Å². The van der Waals surface area contributed by atoms with Crippen molar-refractivity contribution in [2.75, 3.05) is 6.54 Å². The smallest absolute Gasteiger partial charge is 0.138 e. The highest BCUT2D eigenvalue weighted by Crippen LogP contribution is 2.20. The second-order valence-corrected chi connectivity index (χ2v) is 3.16. The van der Waals surface area contributed by atoms with E-state index in [0.29, 0.717) is 0 Å². The fourth-order valence-corrected chi connectivity index (χ4v) is 1.47. The fraction of sp³-hybridized carbons (Fsp3) is 0.500. The number of nitrogens with one attached hydrogen (secondary N) is 1. The summed E-state index contributed by atoms with van der Waals surface area (Å²) in [6, 6.07) is 0.268. The zero-order valence-electron chi connectivity index (χ0n) is 8.42. The van der Waals surface area contributed by atoms with Crippen molar-refractivity contribution < 1.29 is 4.52 Å². The Bertz CT molecular complexity index is 272. The molecule has 0 spiro atoms. The van der Waals surface area contributed by atoms with Gasteiger partial charge in [0.1, 0.15) is 5.76 Å². The monoisotopic (exact) mass is 180 g/mol. The van der Waals surface area contributed by atoms with Crippen molar-refractivity contribution in [3.63, 3.8) is 0 Å². The first-order chi connectivity index (χ1) is 6.16. The lowest BCUT2D eigenvalue weighted by Crippen LogP contribution is -2.19. The normalized spacial score (nSPS) is 12.8. The molecule has 1 N–H and O–H groups in total. The van der Waals surface area contributed by atoms with Gasteiger partial charge in [-0.15, -0.1) is 6.58 Å². The highest BCUT2D eigenvalue weighted by atomic mass is 16.5. The number of aromatic nitrogens is 1. The Hall–Kier alpha value is -1.09. The number of hydrogen-bond donors (Lipinski definition) is 1. The Morgan fingerprint density at radius 2 is 2.31 bits per heavy atom. The molecular weight excluding hydrogens is 164 g/mol. The molecule has 13 heavy (non-hydrogen) atoms. The molecule has 0 aliphatic rings. The topological polar surface area (TPSA) is 38.1 Å². The molecule has 3 heteroatoms. The minimum atomic E-state index is 0.268. The third-order valence-corrected chi connectivity index (χ3v) is 2.09. The van der Waals surface area contributed by atoms with Gasteiger partial charge in [0, 0.05) is 18.2 Å². The van der Waals surface area contributed by atoms with E-state index in [-0.39, 0.29) is 6.04 Å². The first-order valence-electron chi connectivity index (χ1n) is 4.44. The lowest BCUT2D eigenvalue weighted by molar-refractivity contribution is 0.391. The summed E-state index contributed by atoms with van der Waals surface area (Å²) in [5, 5.41) is 7.20. The van der Waals surface area contributed by atoms with E-state index in [1.807, 2.05) is 19.9 Å². The van der Waals surface area contributed by atoms with E-state index in [2.05, 4.69) is 24.0 Å². The highest BCUT2D eigenvalue weighted by molar-refractivity contribution is 5.24. The lowest BCUT2D eigenvalue weighted by Gasteiger charge is -2.11. The van der Waals surface area contributed by atoms with Gasteiger partial charge in [-0.2, -0.15) is 0 Å². The molecule has 1 atom stereocenters. The van der Waals surface area contributed by atoms with Crippen molar-refractivity contribution in [2.45, 2.75) is 26.8 Å². The van der Waals surface area contributed by atoms with E-state index in [9.17, 15) is 0 Å². The first kappa shape index (κ1) is 9.99. The van der Waals surface area contributed by atoms with Crippen molar-refractivity contribution >= 4 is 0 Å². The third-order valence-electron chi connectivity index (χ3n) is 2.09. The maximum absolute atomic E-state index is 5.08. The summed E-state index contributed by atoms with van der Waals surface area (Å²) in [6.45, 7) is 10.4. The molecule has 1 aromatic rings. The minimum absolute atomic E-state index is 0.268. The molecule has 0 amide bonds. The van der Waals surface area contributed by atoms with Gasteiger partial charge < -0.3 is 9.84 Å². The molecular formula is C10H16N2O. The fourth-order valence-electron chi connectivity index (χ4n) is 1.47. The van der Waals surface area contributed by atoms with Crippen LogP contribution in [-0.2, 0) is 0 Å². The van der Waals surface area contributed by atoms with E-state index in [4.69, 9.17) is 4.52 Å². The van der Waals surface area contributed by atoms with Gasteiger partial charge in [0.05, 0.1) is 5.69 Å². The molecule has 0 saturated heterocycles. The van der Waals surface area contributed by atoms with Crippen molar-refractivity contribution in [2.24, 2.45) is 0 Å². The molecule has 0 radical (unpaired) electrons. The van der Waals surface area contributed by atoms with Gasteiger partial charge in [-0.05, 0) is 20.8 Å². The van der Waals surface area contributed by atoms with Crippen LogP contribution in [0.1, 0.15) is 30.0 Å². The maximum Gasteiger partial charge on any atom is 0.138 e. The Morgan fingerprint density at radius 3 is 2.77 bits per heavy atom. The van der Waals surface area contributed by atoms with Crippen molar-refractivity contribution in [1.82, 2.24) is 10.5 Å². The van der Waals surface area contributed by atoms with Gasteiger partial charge in [-0.3, -0.25) is 0 Å².